The Bertz CT molecular complexity index is 373. The molecule has 0 bridgehead atoms. The van der Waals surface area contributed by atoms with Gasteiger partial charge >= 0.3 is 0 Å². The minimum atomic E-state index is -0.0546. The molecule has 2 nitrogen and oxygen atoms in total. The number of ketones is 1. The predicted octanol–water partition coefficient (Wildman–Crippen LogP) is 8.93. The fraction of sp³-hybridized carbons (Fsp3) is 0.964. The van der Waals surface area contributed by atoms with Crippen molar-refractivity contribution in [3.63, 3.8) is 0 Å². The van der Waals surface area contributed by atoms with Crippen molar-refractivity contribution in [2.45, 2.75) is 167 Å². The van der Waals surface area contributed by atoms with E-state index in [1.807, 2.05) is 0 Å². The second-order valence-electron chi connectivity index (χ2n) is 10.2. The summed E-state index contributed by atoms with van der Waals surface area (Å²) in [6.45, 7) is 2.23. The predicted molar refractivity (Wildman–Crippen MR) is 131 cm³/mol. The molecule has 1 rings (SSSR count). The lowest BCUT2D eigenvalue weighted by Gasteiger charge is -2.20. The summed E-state index contributed by atoms with van der Waals surface area (Å²) < 4.78 is 0. The zero-order valence-corrected chi connectivity index (χ0v) is 20.5. The van der Waals surface area contributed by atoms with E-state index in [0.29, 0.717) is 5.78 Å². The zero-order valence-electron chi connectivity index (χ0n) is 20.5. The quantitative estimate of drug-likeness (QED) is 0.187. The first-order valence-corrected chi connectivity index (χ1v) is 13.9. The van der Waals surface area contributed by atoms with E-state index in [-0.39, 0.29) is 6.10 Å². The number of hydrogen-bond donors (Lipinski definition) is 1. The maximum absolute atomic E-state index is 12.1. The normalized spacial score (nSPS) is 16.1. The van der Waals surface area contributed by atoms with Gasteiger partial charge in [0.15, 0.2) is 0 Å². The third kappa shape index (κ3) is 17.3. The second-order valence-corrected chi connectivity index (χ2v) is 10.2. The van der Waals surface area contributed by atoms with Gasteiger partial charge in [0.2, 0.25) is 0 Å². The molecule has 0 heterocycles. The Hall–Kier alpha value is -0.370. The summed E-state index contributed by atoms with van der Waals surface area (Å²) in [5.41, 5.74) is 0. The van der Waals surface area contributed by atoms with Gasteiger partial charge in [-0.05, 0) is 31.6 Å². The van der Waals surface area contributed by atoms with E-state index >= 15 is 0 Å². The first-order chi connectivity index (χ1) is 14.7. The molecule has 1 saturated carbocycles. The minimum absolute atomic E-state index is 0.0546. The molecule has 0 aromatic carbocycles. The Morgan fingerprint density at radius 3 is 1.77 bits per heavy atom. The van der Waals surface area contributed by atoms with Crippen LogP contribution in [0, 0.1) is 5.92 Å². The SMILES string of the molecule is CCCCCCC(O)CCCCCCCCCCCCC(=O)CCC1CCCCC1. The van der Waals surface area contributed by atoms with Gasteiger partial charge in [0, 0.05) is 12.8 Å². The summed E-state index contributed by atoms with van der Waals surface area (Å²) in [6, 6.07) is 0. The lowest BCUT2D eigenvalue weighted by molar-refractivity contribution is -0.119. The van der Waals surface area contributed by atoms with Crippen LogP contribution in [-0.4, -0.2) is 17.0 Å². The van der Waals surface area contributed by atoms with Gasteiger partial charge in [-0.1, -0.05) is 122 Å². The number of rotatable bonds is 21. The van der Waals surface area contributed by atoms with Gasteiger partial charge in [0.25, 0.3) is 0 Å². The molecule has 1 aliphatic carbocycles. The number of aliphatic hydroxyl groups excluding tert-OH is 1. The van der Waals surface area contributed by atoms with E-state index in [2.05, 4.69) is 6.92 Å². The highest BCUT2D eigenvalue weighted by molar-refractivity contribution is 5.78. The third-order valence-corrected chi connectivity index (χ3v) is 7.19. The number of Topliss-reactive ketones (excluding diaryl/α,β-unsaturated/α-hetero) is 1. The van der Waals surface area contributed by atoms with Crippen LogP contribution in [0.2, 0.25) is 0 Å². The van der Waals surface area contributed by atoms with Crippen LogP contribution in [0.3, 0.4) is 0 Å². The number of carbonyl (C=O) groups excluding carboxylic acids is 1. The molecule has 0 saturated heterocycles. The van der Waals surface area contributed by atoms with Crippen LogP contribution >= 0.6 is 0 Å². The summed E-state index contributed by atoms with van der Waals surface area (Å²) in [7, 11) is 0. The van der Waals surface area contributed by atoms with Gasteiger partial charge in [0.05, 0.1) is 6.10 Å². The number of unbranched alkanes of at least 4 members (excludes halogenated alkanes) is 12. The van der Waals surface area contributed by atoms with E-state index in [1.165, 1.54) is 116 Å². The van der Waals surface area contributed by atoms with Gasteiger partial charge in [-0.2, -0.15) is 0 Å². The molecule has 178 valence electrons. The molecule has 30 heavy (non-hydrogen) atoms. The molecule has 0 aromatic heterocycles. The van der Waals surface area contributed by atoms with Crippen LogP contribution in [0.25, 0.3) is 0 Å². The topological polar surface area (TPSA) is 37.3 Å². The second kappa shape index (κ2) is 20.5. The Morgan fingerprint density at radius 1 is 0.700 bits per heavy atom. The first-order valence-electron chi connectivity index (χ1n) is 13.9. The van der Waals surface area contributed by atoms with Crippen molar-refractivity contribution < 1.29 is 9.90 Å². The standard InChI is InChI=1S/C28H54O2/c1-2-3-4-16-21-27(29)22-17-11-9-7-5-6-8-10-12-18-23-28(30)25-24-26-19-14-13-15-20-26/h26-27,29H,2-25H2,1H3. The molecule has 2 heteroatoms. The highest BCUT2D eigenvalue weighted by Gasteiger charge is 2.14. The van der Waals surface area contributed by atoms with Crippen molar-refractivity contribution in [3.05, 3.63) is 0 Å². The van der Waals surface area contributed by atoms with Crippen LogP contribution in [0.15, 0.2) is 0 Å². The Morgan fingerprint density at radius 2 is 1.20 bits per heavy atom. The van der Waals surface area contributed by atoms with Crippen LogP contribution < -0.4 is 0 Å². The number of aliphatic hydroxyl groups is 1. The summed E-state index contributed by atoms with van der Waals surface area (Å²) in [5, 5.41) is 9.99. The molecule has 1 fully saturated rings. The van der Waals surface area contributed by atoms with E-state index in [9.17, 15) is 9.90 Å². The lowest BCUT2D eigenvalue weighted by atomic mass is 9.85. The van der Waals surface area contributed by atoms with Crippen molar-refractivity contribution in [1.82, 2.24) is 0 Å². The molecule has 1 N–H and O–H groups in total. The smallest absolute Gasteiger partial charge is 0.132 e. The molecule has 1 unspecified atom stereocenters. The van der Waals surface area contributed by atoms with Gasteiger partial charge in [-0.3, -0.25) is 4.79 Å². The van der Waals surface area contributed by atoms with Crippen LogP contribution in [0.1, 0.15) is 161 Å². The molecule has 0 spiro atoms. The summed E-state index contributed by atoms with van der Waals surface area (Å²) in [6.07, 6.45) is 29.7. The molecule has 1 aliphatic rings. The van der Waals surface area contributed by atoms with Crippen molar-refractivity contribution >= 4 is 5.78 Å². The fourth-order valence-electron chi connectivity index (χ4n) is 5.03. The van der Waals surface area contributed by atoms with E-state index < -0.39 is 0 Å². The first kappa shape index (κ1) is 27.7. The van der Waals surface area contributed by atoms with Crippen molar-refractivity contribution in [2.24, 2.45) is 5.92 Å². The molecule has 0 aliphatic heterocycles. The Labute approximate surface area is 189 Å². The van der Waals surface area contributed by atoms with Crippen molar-refractivity contribution in [1.29, 1.82) is 0 Å². The number of carbonyl (C=O) groups is 1. The lowest BCUT2D eigenvalue weighted by Crippen LogP contribution is -2.08. The maximum Gasteiger partial charge on any atom is 0.132 e. The molecule has 0 amide bonds. The van der Waals surface area contributed by atoms with Crippen LogP contribution in [0.5, 0.6) is 0 Å². The summed E-state index contributed by atoms with van der Waals surface area (Å²) in [4.78, 5) is 12.1. The molecule has 0 aromatic rings. The number of hydrogen-bond acceptors (Lipinski definition) is 2. The summed E-state index contributed by atoms with van der Waals surface area (Å²) in [5.74, 6) is 1.37. The van der Waals surface area contributed by atoms with Gasteiger partial charge in [0.1, 0.15) is 5.78 Å². The van der Waals surface area contributed by atoms with E-state index in [1.54, 1.807) is 0 Å². The minimum Gasteiger partial charge on any atom is -0.393 e. The Kier molecular flexibility index (Phi) is 18.9. The monoisotopic (exact) mass is 422 g/mol. The summed E-state index contributed by atoms with van der Waals surface area (Å²) >= 11 is 0. The largest absolute Gasteiger partial charge is 0.393 e. The van der Waals surface area contributed by atoms with Gasteiger partial charge in [-0.15, -0.1) is 0 Å². The van der Waals surface area contributed by atoms with Gasteiger partial charge < -0.3 is 5.11 Å². The average Bonchev–Trinajstić information content (AvgIpc) is 2.76. The molecule has 1 atom stereocenters. The van der Waals surface area contributed by atoms with Crippen LogP contribution in [-0.2, 0) is 4.79 Å². The van der Waals surface area contributed by atoms with Crippen molar-refractivity contribution in [2.75, 3.05) is 0 Å². The van der Waals surface area contributed by atoms with Crippen LogP contribution in [0.4, 0.5) is 0 Å². The van der Waals surface area contributed by atoms with Gasteiger partial charge in [-0.25, -0.2) is 0 Å². The highest BCUT2D eigenvalue weighted by Crippen LogP contribution is 2.27. The molecule has 0 radical (unpaired) electrons. The van der Waals surface area contributed by atoms with E-state index in [4.69, 9.17) is 0 Å². The molecular formula is C28H54O2. The maximum atomic E-state index is 12.1. The highest BCUT2D eigenvalue weighted by atomic mass is 16.3. The Balaban J connectivity index is 1.75. The average molecular weight is 423 g/mol. The zero-order chi connectivity index (χ0) is 21.7. The fourth-order valence-corrected chi connectivity index (χ4v) is 5.03. The van der Waals surface area contributed by atoms with Crippen molar-refractivity contribution in [3.8, 4) is 0 Å². The third-order valence-electron chi connectivity index (χ3n) is 7.19. The van der Waals surface area contributed by atoms with E-state index in [0.717, 1.165) is 44.4 Å². The molecular weight excluding hydrogens is 368 g/mol.